The van der Waals surface area contributed by atoms with Gasteiger partial charge in [-0.2, -0.15) is 0 Å². The highest BCUT2D eigenvalue weighted by molar-refractivity contribution is 5.86. The Morgan fingerprint density at radius 3 is 2.46 bits per heavy atom. The maximum atomic E-state index is 11.6. The minimum Gasteiger partial charge on any atom is -0.468 e. The fourth-order valence-corrected chi connectivity index (χ4v) is 2.97. The number of carbonyl (C=O) groups excluding carboxylic acids is 1. The Morgan fingerprint density at radius 1 is 0.958 bits per heavy atom. The van der Waals surface area contributed by atoms with Crippen molar-refractivity contribution in [2.24, 2.45) is 0 Å². The van der Waals surface area contributed by atoms with Crippen LogP contribution in [-0.2, 0) is 16.0 Å². The van der Waals surface area contributed by atoms with Gasteiger partial charge in [-0.1, -0.05) is 72.8 Å². The maximum absolute atomic E-state index is 11.6. The molecule has 0 saturated carbocycles. The van der Waals surface area contributed by atoms with Gasteiger partial charge in [0.15, 0.2) is 0 Å². The van der Waals surface area contributed by atoms with Crippen LogP contribution in [0, 0.1) is 0 Å². The molecule has 3 heteroatoms. The molecule has 0 radical (unpaired) electrons. The molecule has 3 aromatic carbocycles. The van der Waals surface area contributed by atoms with Crippen LogP contribution in [0.4, 0.5) is 0 Å². The summed E-state index contributed by atoms with van der Waals surface area (Å²) in [7, 11) is 1.41. The van der Waals surface area contributed by atoms with E-state index < -0.39 is 0 Å². The van der Waals surface area contributed by atoms with Crippen LogP contribution in [0.25, 0.3) is 10.8 Å². The zero-order valence-electron chi connectivity index (χ0n) is 13.7. The van der Waals surface area contributed by atoms with Crippen LogP contribution >= 0.6 is 0 Å². The summed E-state index contributed by atoms with van der Waals surface area (Å²) in [5.41, 5.74) is 2.42. The summed E-state index contributed by atoms with van der Waals surface area (Å²) in [5.74, 6) is -0.256. The molecule has 0 aliphatic heterocycles. The van der Waals surface area contributed by atoms with Crippen molar-refractivity contribution in [3.05, 3.63) is 83.9 Å². The van der Waals surface area contributed by atoms with E-state index in [0.29, 0.717) is 0 Å². The molecule has 3 aromatic rings. The van der Waals surface area contributed by atoms with Crippen LogP contribution in [0.2, 0.25) is 0 Å². The molecular weight excluding hydrogens is 298 g/mol. The first-order valence-electron chi connectivity index (χ1n) is 8.09. The lowest BCUT2D eigenvalue weighted by Gasteiger charge is -2.21. The molecule has 3 rings (SSSR count). The second-order valence-electron chi connectivity index (χ2n) is 5.77. The molecule has 0 bridgehead atoms. The van der Waals surface area contributed by atoms with E-state index in [0.717, 1.165) is 6.42 Å². The second kappa shape index (κ2) is 7.75. The van der Waals surface area contributed by atoms with Crippen LogP contribution in [0.1, 0.15) is 17.2 Å². The third kappa shape index (κ3) is 3.81. The van der Waals surface area contributed by atoms with Crippen molar-refractivity contribution in [1.29, 1.82) is 0 Å². The molecule has 0 heterocycles. The minimum absolute atomic E-state index is 0.0394. The average Bonchev–Trinajstić information content (AvgIpc) is 2.65. The number of fused-ring (bicyclic) bond motifs is 1. The number of nitrogens with one attached hydrogen (secondary N) is 1. The standard InChI is InChI=1S/C21H21NO2/c1-24-21(23)15-22-20(14-16-8-3-2-4-9-16)19-13-7-11-17-10-5-6-12-18(17)19/h2-13,20,22H,14-15H2,1H3. The summed E-state index contributed by atoms with van der Waals surface area (Å²) in [5, 5.41) is 5.76. The summed E-state index contributed by atoms with van der Waals surface area (Å²) in [6, 6.07) is 25.0. The highest BCUT2D eigenvalue weighted by atomic mass is 16.5. The number of hydrogen-bond acceptors (Lipinski definition) is 3. The van der Waals surface area contributed by atoms with Crippen LogP contribution < -0.4 is 5.32 Å². The molecule has 1 N–H and O–H groups in total. The number of rotatable bonds is 6. The van der Waals surface area contributed by atoms with E-state index >= 15 is 0 Å². The quantitative estimate of drug-likeness (QED) is 0.701. The molecule has 0 spiro atoms. The third-order valence-electron chi connectivity index (χ3n) is 4.20. The first-order chi connectivity index (χ1) is 11.8. The first kappa shape index (κ1) is 16.2. The summed E-state index contributed by atoms with van der Waals surface area (Å²) >= 11 is 0. The van der Waals surface area contributed by atoms with Gasteiger partial charge in [0, 0.05) is 6.04 Å². The van der Waals surface area contributed by atoms with Crippen LogP contribution in [0.15, 0.2) is 72.8 Å². The van der Waals surface area contributed by atoms with Crippen LogP contribution in [0.5, 0.6) is 0 Å². The third-order valence-corrected chi connectivity index (χ3v) is 4.20. The molecule has 0 amide bonds. The molecule has 24 heavy (non-hydrogen) atoms. The number of esters is 1. The summed E-state index contributed by atoms with van der Waals surface area (Å²) < 4.78 is 4.77. The lowest BCUT2D eigenvalue weighted by atomic mass is 9.94. The predicted octanol–water partition coefficient (Wildman–Crippen LogP) is 3.89. The maximum Gasteiger partial charge on any atom is 0.319 e. The van der Waals surface area contributed by atoms with E-state index in [1.807, 2.05) is 30.3 Å². The van der Waals surface area contributed by atoms with Gasteiger partial charge in [0.05, 0.1) is 13.7 Å². The molecule has 0 aliphatic carbocycles. The highest BCUT2D eigenvalue weighted by Gasteiger charge is 2.16. The van der Waals surface area contributed by atoms with E-state index in [4.69, 9.17) is 4.74 Å². The fourth-order valence-electron chi connectivity index (χ4n) is 2.97. The molecule has 0 aliphatic rings. The van der Waals surface area contributed by atoms with E-state index in [2.05, 4.69) is 47.8 Å². The highest BCUT2D eigenvalue weighted by Crippen LogP contribution is 2.26. The van der Waals surface area contributed by atoms with E-state index in [-0.39, 0.29) is 18.6 Å². The van der Waals surface area contributed by atoms with E-state index in [1.165, 1.54) is 29.0 Å². The van der Waals surface area contributed by atoms with Crippen molar-refractivity contribution >= 4 is 16.7 Å². The number of carbonyl (C=O) groups is 1. The average molecular weight is 319 g/mol. The SMILES string of the molecule is COC(=O)CNC(Cc1ccccc1)c1cccc2ccccc12. The first-order valence-corrected chi connectivity index (χ1v) is 8.09. The lowest BCUT2D eigenvalue weighted by molar-refractivity contribution is -0.139. The monoisotopic (exact) mass is 319 g/mol. The Labute approximate surface area is 142 Å². The van der Waals surface area contributed by atoms with E-state index in [1.54, 1.807) is 0 Å². The van der Waals surface area contributed by atoms with Gasteiger partial charge in [-0.25, -0.2) is 0 Å². The van der Waals surface area contributed by atoms with E-state index in [9.17, 15) is 4.79 Å². The van der Waals surface area contributed by atoms with Crippen molar-refractivity contribution < 1.29 is 9.53 Å². The number of methoxy groups -OCH3 is 1. The summed E-state index contributed by atoms with van der Waals surface area (Å²) in [6.45, 7) is 0.192. The predicted molar refractivity (Wildman–Crippen MR) is 96.9 cm³/mol. The molecule has 1 atom stereocenters. The Balaban J connectivity index is 1.94. The smallest absolute Gasteiger partial charge is 0.319 e. The lowest BCUT2D eigenvalue weighted by Crippen LogP contribution is -2.29. The number of hydrogen-bond donors (Lipinski definition) is 1. The van der Waals surface area contributed by atoms with Crippen LogP contribution in [-0.4, -0.2) is 19.6 Å². The molecule has 0 fully saturated rings. The minimum atomic E-state index is -0.256. The van der Waals surface area contributed by atoms with Gasteiger partial charge < -0.3 is 4.74 Å². The van der Waals surface area contributed by atoms with Gasteiger partial charge >= 0.3 is 5.97 Å². The Morgan fingerprint density at radius 2 is 1.67 bits per heavy atom. The van der Waals surface area contributed by atoms with Crippen molar-refractivity contribution in [1.82, 2.24) is 5.32 Å². The Bertz CT molecular complexity index is 809. The van der Waals surface area contributed by atoms with Gasteiger partial charge in [0.2, 0.25) is 0 Å². The normalized spacial score (nSPS) is 12.0. The molecule has 0 aromatic heterocycles. The molecular formula is C21H21NO2. The zero-order valence-corrected chi connectivity index (χ0v) is 13.7. The number of ether oxygens (including phenoxy) is 1. The summed E-state index contributed by atoms with van der Waals surface area (Å²) in [4.78, 5) is 11.6. The topological polar surface area (TPSA) is 38.3 Å². The molecule has 122 valence electrons. The van der Waals surface area contributed by atoms with Crippen LogP contribution in [0.3, 0.4) is 0 Å². The van der Waals surface area contributed by atoms with Crippen molar-refractivity contribution in [2.45, 2.75) is 12.5 Å². The molecule has 3 nitrogen and oxygen atoms in total. The number of benzene rings is 3. The van der Waals surface area contributed by atoms with Gasteiger partial charge in [0.25, 0.3) is 0 Å². The van der Waals surface area contributed by atoms with Gasteiger partial charge in [-0.3, -0.25) is 10.1 Å². The molecule has 1 unspecified atom stereocenters. The van der Waals surface area contributed by atoms with Crippen molar-refractivity contribution in [3.63, 3.8) is 0 Å². The Kier molecular flexibility index (Phi) is 5.24. The largest absolute Gasteiger partial charge is 0.468 e. The van der Waals surface area contributed by atoms with Gasteiger partial charge in [0.1, 0.15) is 0 Å². The van der Waals surface area contributed by atoms with Gasteiger partial charge in [-0.15, -0.1) is 0 Å². The van der Waals surface area contributed by atoms with Gasteiger partial charge in [-0.05, 0) is 28.3 Å². The molecule has 0 saturated heterocycles. The van der Waals surface area contributed by atoms with Crippen molar-refractivity contribution in [2.75, 3.05) is 13.7 Å². The summed E-state index contributed by atoms with van der Waals surface area (Å²) in [6.07, 6.45) is 0.811. The zero-order chi connectivity index (χ0) is 16.8. The fraction of sp³-hybridized carbons (Fsp3) is 0.190. The van der Waals surface area contributed by atoms with Crippen molar-refractivity contribution in [3.8, 4) is 0 Å². The second-order valence-corrected chi connectivity index (χ2v) is 5.77. The Hall–Kier alpha value is -2.65.